The molecule has 4 amide bonds. The highest BCUT2D eigenvalue weighted by atomic mass is 16.5. The number of carbonyl (C=O) groups is 4. The molecule has 0 bridgehead atoms. The minimum atomic E-state index is -0.835. The molecule has 0 radical (unpaired) electrons. The fraction of sp³-hybridized carbons (Fsp3) is 0.500. The summed E-state index contributed by atoms with van der Waals surface area (Å²) < 4.78 is 4.92. The molecule has 0 aliphatic carbocycles. The average Bonchev–Trinajstić information content (AvgIpc) is 2.68. The van der Waals surface area contributed by atoms with E-state index in [0.717, 1.165) is 5.56 Å². The van der Waals surface area contributed by atoms with Crippen molar-refractivity contribution < 1.29 is 23.9 Å². The predicted molar refractivity (Wildman–Crippen MR) is 112 cm³/mol. The first-order valence-electron chi connectivity index (χ1n) is 9.72. The van der Waals surface area contributed by atoms with Gasteiger partial charge in [0, 0.05) is 19.2 Å². The Hall–Kier alpha value is -3.14. The van der Waals surface area contributed by atoms with Crippen molar-refractivity contribution >= 4 is 29.5 Å². The Balaban J connectivity index is 2.75. The summed E-state index contributed by atoms with van der Waals surface area (Å²) in [7, 11) is 0. The largest absolute Gasteiger partial charge is 0.461 e. The zero-order chi connectivity index (χ0) is 22.7. The SMILES string of the molecule is CC(=O)OCc1ccc(NC(=O)[C@H](CCCNC(N)=O)NC(=O)C(N)C(C)C)cc1. The van der Waals surface area contributed by atoms with E-state index in [2.05, 4.69) is 16.0 Å². The molecule has 1 rings (SSSR count). The van der Waals surface area contributed by atoms with Gasteiger partial charge in [0.05, 0.1) is 6.04 Å². The van der Waals surface area contributed by atoms with Crippen LogP contribution in [0.5, 0.6) is 0 Å². The molecule has 1 aromatic rings. The molecule has 0 saturated heterocycles. The summed E-state index contributed by atoms with van der Waals surface area (Å²) >= 11 is 0. The molecule has 10 heteroatoms. The van der Waals surface area contributed by atoms with Crippen molar-refractivity contribution in [3.05, 3.63) is 29.8 Å². The van der Waals surface area contributed by atoms with Gasteiger partial charge in [-0.2, -0.15) is 0 Å². The molecule has 1 unspecified atom stereocenters. The molecule has 166 valence electrons. The molecule has 0 aliphatic heterocycles. The van der Waals surface area contributed by atoms with Gasteiger partial charge in [-0.05, 0) is 36.5 Å². The van der Waals surface area contributed by atoms with E-state index in [1.807, 2.05) is 13.8 Å². The second-order valence-electron chi connectivity index (χ2n) is 7.23. The van der Waals surface area contributed by atoms with E-state index in [1.165, 1.54) is 6.92 Å². The third kappa shape index (κ3) is 9.37. The maximum atomic E-state index is 12.7. The number of anilines is 1. The molecule has 10 nitrogen and oxygen atoms in total. The standard InChI is InChI=1S/C20H31N5O5/c1-12(2)17(21)19(28)25-16(5-4-10-23-20(22)29)18(27)24-15-8-6-14(7-9-15)11-30-13(3)26/h6-9,12,16-17H,4-5,10-11,21H2,1-3H3,(H,24,27)(H,25,28)(H3,22,23,29)/t16-,17?/m0/s1. The number of amides is 4. The minimum Gasteiger partial charge on any atom is -0.461 e. The van der Waals surface area contributed by atoms with Gasteiger partial charge in [-0.1, -0.05) is 26.0 Å². The Morgan fingerprint density at radius 1 is 1.07 bits per heavy atom. The van der Waals surface area contributed by atoms with Crippen molar-refractivity contribution in [1.29, 1.82) is 0 Å². The summed E-state index contributed by atoms with van der Waals surface area (Å²) in [5.74, 6) is -1.30. The third-order valence-corrected chi connectivity index (χ3v) is 4.29. The van der Waals surface area contributed by atoms with Crippen molar-refractivity contribution in [2.24, 2.45) is 17.4 Å². The predicted octanol–water partition coefficient (Wildman–Crippen LogP) is 0.605. The monoisotopic (exact) mass is 421 g/mol. The molecule has 30 heavy (non-hydrogen) atoms. The van der Waals surface area contributed by atoms with Crippen LogP contribution in [0.15, 0.2) is 24.3 Å². The Morgan fingerprint density at radius 3 is 2.23 bits per heavy atom. The van der Waals surface area contributed by atoms with Gasteiger partial charge in [0.2, 0.25) is 11.8 Å². The van der Waals surface area contributed by atoms with E-state index >= 15 is 0 Å². The fourth-order valence-electron chi connectivity index (χ4n) is 2.46. The van der Waals surface area contributed by atoms with Crippen LogP contribution >= 0.6 is 0 Å². The number of rotatable bonds is 11. The number of hydrogen-bond acceptors (Lipinski definition) is 6. The van der Waals surface area contributed by atoms with Crippen molar-refractivity contribution in [2.45, 2.75) is 52.3 Å². The van der Waals surface area contributed by atoms with Crippen LogP contribution in [0.4, 0.5) is 10.5 Å². The van der Waals surface area contributed by atoms with Gasteiger partial charge in [0.1, 0.15) is 12.6 Å². The van der Waals surface area contributed by atoms with Crippen molar-refractivity contribution in [1.82, 2.24) is 10.6 Å². The fourth-order valence-corrected chi connectivity index (χ4v) is 2.46. The van der Waals surface area contributed by atoms with Gasteiger partial charge < -0.3 is 32.2 Å². The summed E-state index contributed by atoms with van der Waals surface area (Å²) in [6.07, 6.45) is 0.715. The lowest BCUT2D eigenvalue weighted by atomic mass is 10.0. The van der Waals surface area contributed by atoms with Crippen LogP contribution in [0, 0.1) is 5.92 Å². The van der Waals surface area contributed by atoms with Gasteiger partial charge in [-0.25, -0.2) is 4.79 Å². The first-order valence-corrected chi connectivity index (χ1v) is 9.72. The number of benzene rings is 1. The summed E-state index contributed by atoms with van der Waals surface area (Å²) in [4.78, 5) is 46.7. The van der Waals surface area contributed by atoms with Crippen LogP contribution in [0.2, 0.25) is 0 Å². The molecule has 0 fully saturated rings. The molecular formula is C20H31N5O5. The minimum absolute atomic E-state index is 0.0880. The number of esters is 1. The lowest BCUT2D eigenvalue weighted by Gasteiger charge is -2.22. The highest BCUT2D eigenvalue weighted by molar-refractivity contribution is 5.97. The second kappa shape index (κ2) is 12.4. The number of hydrogen-bond donors (Lipinski definition) is 5. The molecule has 7 N–H and O–H groups in total. The van der Waals surface area contributed by atoms with Crippen LogP contribution in [-0.4, -0.2) is 42.4 Å². The first kappa shape index (κ1) is 24.9. The number of ether oxygens (including phenoxy) is 1. The number of nitrogens with two attached hydrogens (primary N) is 2. The molecule has 0 heterocycles. The van der Waals surface area contributed by atoms with Crippen LogP contribution in [0.1, 0.15) is 39.2 Å². The first-order chi connectivity index (χ1) is 14.1. The Labute approximate surface area is 176 Å². The molecule has 0 saturated carbocycles. The van der Waals surface area contributed by atoms with Crippen molar-refractivity contribution in [3.63, 3.8) is 0 Å². The van der Waals surface area contributed by atoms with Crippen LogP contribution in [0.25, 0.3) is 0 Å². The lowest BCUT2D eigenvalue weighted by Crippen LogP contribution is -2.51. The molecule has 1 aromatic carbocycles. The normalized spacial score (nSPS) is 12.6. The number of carbonyl (C=O) groups excluding carboxylic acids is 4. The zero-order valence-corrected chi connectivity index (χ0v) is 17.6. The van der Waals surface area contributed by atoms with Gasteiger partial charge >= 0.3 is 12.0 Å². The van der Waals surface area contributed by atoms with E-state index in [9.17, 15) is 19.2 Å². The molecule has 2 atom stereocenters. The summed E-state index contributed by atoms with van der Waals surface area (Å²) in [6, 6.07) is 4.54. The summed E-state index contributed by atoms with van der Waals surface area (Å²) in [5, 5.41) is 7.86. The second-order valence-corrected chi connectivity index (χ2v) is 7.23. The number of primary amides is 1. The van der Waals surface area contributed by atoms with Gasteiger partial charge in [0.15, 0.2) is 0 Å². The number of nitrogens with one attached hydrogen (secondary N) is 3. The van der Waals surface area contributed by atoms with E-state index in [0.29, 0.717) is 12.1 Å². The van der Waals surface area contributed by atoms with Gasteiger partial charge in [-0.15, -0.1) is 0 Å². The van der Waals surface area contributed by atoms with Crippen LogP contribution < -0.4 is 27.4 Å². The smallest absolute Gasteiger partial charge is 0.312 e. The van der Waals surface area contributed by atoms with E-state index in [1.54, 1.807) is 24.3 Å². The summed E-state index contributed by atoms with van der Waals surface area (Å²) in [5.41, 5.74) is 12.2. The Morgan fingerprint density at radius 2 is 1.70 bits per heavy atom. The maximum absolute atomic E-state index is 12.7. The molecule has 0 aliphatic rings. The zero-order valence-electron chi connectivity index (χ0n) is 17.6. The van der Waals surface area contributed by atoms with Crippen LogP contribution in [0.3, 0.4) is 0 Å². The van der Waals surface area contributed by atoms with Crippen LogP contribution in [-0.2, 0) is 25.7 Å². The summed E-state index contributed by atoms with van der Waals surface area (Å²) in [6.45, 7) is 5.37. The molecule has 0 spiro atoms. The van der Waals surface area contributed by atoms with E-state index in [-0.39, 0.29) is 31.5 Å². The average molecular weight is 421 g/mol. The quantitative estimate of drug-likeness (QED) is 0.259. The Bertz CT molecular complexity index is 736. The topological polar surface area (TPSA) is 166 Å². The van der Waals surface area contributed by atoms with Gasteiger partial charge in [0.25, 0.3) is 0 Å². The van der Waals surface area contributed by atoms with Crippen molar-refractivity contribution in [2.75, 3.05) is 11.9 Å². The molecule has 0 aromatic heterocycles. The van der Waals surface area contributed by atoms with E-state index in [4.69, 9.17) is 16.2 Å². The van der Waals surface area contributed by atoms with E-state index < -0.39 is 29.9 Å². The maximum Gasteiger partial charge on any atom is 0.312 e. The number of urea groups is 1. The highest BCUT2D eigenvalue weighted by Crippen LogP contribution is 2.12. The third-order valence-electron chi connectivity index (χ3n) is 4.29. The van der Waals surface area contributed by atoms with Gasteiger partial charge in [-0.3, -0.25) is 14.4 Å². The Kier molecular flexibility index (Phi) is 10.3. The highest BCUT2D eigenvalue weighted by Gasteiger charge is 2.25. The van der Waals surface area contributed by atoms with Crippen molar-refractivity contribution in [3.8, 4) is 0 Å². The lowest BCUT2D eigenvalue weighted by molar-refractivity contribution is -0.142. The molecular weight excluding hydrogens is 390 g/mol.